The molecule has 2 atom stereocenters. The summed E-state index contributed by atoms with van der Waals surface area (Å²) < 4.78 is 28.7. The number of carbonyl (C=O) groups is 1. The summed E-state index contributed by atoms with van der Waals surface area (Å²) in [6.07, 6.45) is 2.81. The average molecular weight is 427 g/mol. The fraction of sp³-hybridized carbons (Fsp3) is 0.458. The van der Waals surface area contributed by atoms with E-state index in [1.165, 1.54) is 6.07 Å². The Hall–Kier alpha value is -2.18. The van der Waals surface area contributed by atoms with Gasteiger partial charge >= 0.3 is 0 Å². The number of fused-ring (bicyclic) bond motifs is 2. The molecular formula is C24H30N2O3S. The molecule has 160 valence electrons. The second-order valence-electron chi connectivity index (χ2n) is 10.1. The Morgan fingerprint density at radius 3 is 2.53 bits per heavy atom. The Kier molecular flexibility index (Phi) is 5.06. The van der Waals surface area contributed by atoms with Crippen LogP contribution in [0.5, 0.6) is 0 Å². The highest BCUT2D eigenvalue weighted by Crippen LogP contribution is 2.53. The quantitative estimate of drug-likeness (QED) is 0.761. The number of hydrogen-bond donors (Lipinski definition) is 1. The number of anilines is 1. The van der Waals surface area contributed by atoms with Gasteiger partial charge in [-0.1, -0.05) is 45.0 Å². The van der Waals surface area contributed by atoms with E-state index in [1.807, 2.05) is 31.2 Å². The molecule has 1 saturated heterocycles. The highest BCUT2D eigenvalue weighted by Gasteiger charge is 2.53. The molecule has 1 aliphatic carbocycles. The van der Waals surface area contributed by atoms with Gasteiger partial charge in [-0.05, 0) is 66.8 Å². The molecule has 0 unspecified atom stereocenters. The van der Waals surface area contributed by atoms with Gasteiger partial charge in [-0.25, -0.2) is 8.42 Å². The van der Waals surface area contributed by atoms with Crippen LogP contribution in [0, 0.1) is 17.8 Å². The molecule has 0 spiro atoms. The van der Waals surface area contributed by atoms with Crippen LogP contribution in [0.15, 0.2) is 53.4 Å². The van der Waals surface area contributed by atoms with Crippen molar-refractivity contribution in [2.75, 3.05) is 11.9 Å². The summed E-state index contributed by atoms with van der Waals surface area (Å²) in [5.74, 6) is -0.311. The van der Waals surface area contributed by atoms with Crippen molar-refractivity contribution >= 4 is 21.6 Å². The molecular weight excluding hydrogens is 396 g/mol. The first kappa shape index (κ1) is 21.1. The van der Waals surface area contributed by atoms with Crippen molar-refractivity contribution in [1.29, 1.82) is 0 Å². The first-order chi connectivity index (χ1) is 14.0. The smallest absolute Gasteiger partial charge is 0.255 e. The zero-order valence-corrected chi connectivity index (χ0v) is 18.9. The fourth-order valence-electron chi connectivity index (χ4n) is 5.53. The minimum Gasteiger partial charge on any atom is -0.322 e. The Bertz CT molecular complexity index is 1090. The van der Waals surface area contributed by atoms with Crippen molar-refractivity contribution in [3.63, 3.8) is 0 Å². The maximum Gasteiger partial charge on any atom is 0.255 e. The van der Waals surface area contributed by atoms with Gasteiger partial charge in [-0.2, -0.15) is 4.31 Å². The maximum absolute atomic E-state index is 13.5. The summed E-state index contributed by atoms with van der Waals surface area (Å²) in [6.45, 7) is 9.11. The third-order valence-electron chi connectivity index (χ3n) is 6.46. The SMILES string of the molecule is Cc1ccccc1NC(=O)c1cccc(S(=O)(=O)N2C[C@@]3(C)C[C@@H]2CC(C)(C)C3)c1. The van der Waals surface area contributed by atoms with E-state index in [2.05, 4.69) is 26.1 Å². The number of amides is 1. The first-order valence-electron chi connectivity index (χ1n) is 10.5. The number of sulfonamides is 1. The van der Waals surface area contributed by atoms with Gasteiger partial charge in [-0.3, -0.25) is 4.79 Å². The molecule has 1 amide bonds. The normalized spacial score (nSPS) is 25.8. The van der Waals surface area contributed by atoms with Crippen molar-refractivity contribution in [1.82, 2.24) is 4.31 Å². The molecule has 6 heteroatoms. The van der Waals surface area contributed by atoms with Gasteiger partial charge < -0.3 is 5.32 Å². The second-order valence-corrected chi connectivity index (χ2v) is 12.0. The predicted molar refractivity (Wildman–Crippen MR) is 119 cm³/mol. The van der Waals surface area contributed by atoms with Crippen molar-refractivity contribution in [2.24, 2.45) is 10.8 Å². The Morgan fingerprint density at radius 2 is 1.80 bits per heavy atom. The van der Waals surface area contributed by atoms with Crippen LogP contribution in [0.1, 0.15) is 56.0 Å². The van der Waals surface area contributed by atoms with Crippen molar-refractivity contribution in [3.8, 4) is 0 Å². The summed E-state index contributed by atoms with van der Waals surface area (Å²) >= 11 is 0. The molecule has 2 aromatic rings. The highest BCUT2D eigenvalue weighted by atomic mass is 32.2. The van der Waals surface area contributed by atoms with Gasteiger partial charge in [0, 0.05) is 23.8 Å². The van der Waals surface area contributed by atoms with Gasteiger partial charge in [0.05, 0.1) is 4.90 Å². The van der Waals surface area contributed by atoms with E-state index in [1.54, 1.807) is 22.5 Å². The maximum atomic E-state index is 13.5. The number of para-hydroxylation sites is 1. The lowest BCUT2D eigenvalue weighted by molar-refractivity contribution is 0.102. The van der Waals surface area contributed by atoms with E-state index in [4.69, 9.17) is 0 Å². The minimum atomic E-state index is -3.66. The molecule has 1 saturated carbocycles. The number of carbonyl (C=O) groups excluding carboxylic acids is 1. The monoisotopic (exact) mass is 426 g/mol. The molecule has 2 aliphatic rings. The molecule has 2 bridgehead atoms. The molecule has 0 aromatic heterocycles. The summed E-state index contributed by atoms with van der Waals surface area (Å²) in [5, 5.41) is 2.88. The number of hydrogen-bond acceptors (Lipinski definition) is 3. The number of benzene rings is 2. The van der Waals surface area contributed by atoms with Crippen LogP contribution in [0.3, 0.4) is 0 Å². The third kappa shape index (κ3) is 3.91. The van der Waals surface area contributed by atoms with Crippen LogP contribution in [-0.2, 0) is 10.0 Å². The molecule has 0 radical (unpaired) electrons. The summed E-state index contributed by atoms with van der Waals surface area (Å²) in [6, 6.07) is 13.9. The second kappa shape index (κ2) is 7.20. The van der Waals surface area contributed by atoms with E-state index in [0.717, 1.165) is 30.5 Å². The van der Waals surface area contributed by atoms with Crippen LogP contribution in [0.2, 0.25) is 0 Å². The van der Waals surface area contributed by atoms with E-state index < -0.39 is 10.0 Å². The highest BCUT2D eigenvalue weighted by molar-refractivity contribution is 7.89. The fourth-order valence-corrected chi connectivity index (χ4v) is 7.35. The Morgan fingerprint density at radius 1 is 1.07 bits per heavy atom. The molecule has 1 heterocycles. The number of rotatable bonds is 4. The van der Waals surface area contributed by atoms with Gasteiger partial charge in [0.2, 0.25) is 10.0 Å². The first-order valence-corrected chi connectivity index (χ1v) is 11.9. The van der Waals surface area contributed by atoms with Crippen molar-refractivity contribution < 1.29 is 13.2 Å². The van der Waals surface area contributed by atoms with Crippen LogP contribution in [0.4, 0.5) is 5.69 Å². The molecule has 4 rings (SSSR count). The van der Waals surface area contributed by atoms with E-state index in [0.29, 0.717) is 12.1 Å². The minimum absolute atomic E-state index is 0.0132. The molecule has 1 aliphatic heterocycles. The van der Waals surface area contributed by atoms with Gasteiger partial charge in [0.25, 0.3) is 5.91 Å². The van der Waals surface area contributed by atoms with Crippen LogP contribution in [0.25, 0.3) is 0 Å². The molecule has 5 nitrogen and oxygen atoms in total. The molecule has 1 N–H and O–H groups in total. The summed E-state index contributed by atoms with van der Waals surface area (Å²) in [4.78, 5) is 13.0. The van der Waals surface area contributed by atoms with Gasteiger partial charge in [-0.15, -0.1) is 0 Å². The number of nitrogens with zero attached hydrogens (tertiary/aromatic N) is 1. The molecule has 2 fully saturated rings. The zero-order valence-electron chi connectivity index (χ0n) is 18.1. The van der Waals surface area contributed by atoms with E-state index >= 15 is 0 Å². The topological polar surface area (TPSA) is 66.5 Å². The molecule has 2 aromatic carbocycles. The van der Waals surface area contributed by atoms with Gasteiger partial charge in [0.15, 0.2) is 0 Å². The van der Waals surface area contributed by atoms with Crippen molar-refractivity contribution in [3.05, 3.63) is 59.7 Å². The predicted octanol–water partition coefficient (Wildman–Crippen LogP) is 4.84. The van der Waals surface area contributed by atoms with Crippen molar-refractivity contribution in [2.45, 2.75) is 57.9 Å². The number of nitrogens with one attached hydrogen (secondary N) is 1. The Balaban J connectivity index is 1.60. The lowest BCUT2D eigenvalue weighted by Gasteiger charge is -2.39. The number of aryl methyl sites for hydroxylation is 1. The lowest BCUT2D eigenvalue weighted by Crippen LogP contribution is -2.37. The summed E-state index contributed by atoms with van der Waals surface area (Å²) in [7, 11) is -3.66. The van der Waals surface area contributed by atoms with Crippen LogP contribution >= 0.6 is 0 Å². The van der Waals surface area contributed by atoms with Crippen LogP contribution < -0.4 is 5.32 Å². The van der Waals surface area contributed by atoms with Gasteiger partial charge in [0.1, 0.15) is 0 Å². The zero-order chi connectivity index (χ0) is 21.7. The van der Waals surface area contributed by atoms with Crippen LogP contribution in [-0.4, -0.2) is 31.2 Å². The van der Waals surface area contributed by atoms with E-state index in [-0.39, 0.29) is 27.7 Å². The summed E-state index contributed by atoms with van der Waals surface area (Å²) in [5.41, 5.74) is 2.17. The largest absolute Gasteiger partial charge is 0.322 e. The Labute approximate surface area is 179 Å². The lowest BCUT2D eigenvalue weighted by atomic mass is 9.65. The third-order valence-corrected chi connectivity index (χ3v) is 8.36. The average Bonchev–Trinajstić information content (AvgIpc) is 2.93. The molecule has 30 heavy (non-hydrogen) atoms. The van der Waals surface area contributed by atoms with E-state index in [9.17, 15) is 13.2 Å². The standard InChI is InChI=1S/C24H30N2O3S/c1-17-8-5-6-11-21(17)25-22(27)18-9-7-10-20(12-18)30(28,29)26-16-24(4)14-19(26)13-23(2,3)15-24/h5-12,19H,13-16H2,1-4H3,(H,25,27)/t19-,24-/m0/s1.